The van der Waals surface area contributed by atoms with Crippen LogP contribution in [-0.4, -0.2) is 0 Å². The molecule has 0 nitrogen and oxygen atoms in total. The first kappa shape index (κ1) is 14.5. The van der Waals surface area contributed by atoms with Gasteiger partial charge in [0.25, 0.3) is 0 Å². The molecule has 0 aromatic heterocycles. The van der Waals surface area contributed by atoms with Crippen molar-refractivity contribution in [2.75, 3.05) is 0 Å². The van der Waals surface area contributed by atoms with E-state index in [9.17, 15) is 0 Å². The van der Waals surface area contributed by atoms with E-state index in [4.69, 9.17) is 0 Å². The highest BCUT2D eigenvalue weighted by Gasteiger charge is 2.45. The summed E-state index contributed by atoms with van der Waals surface area (Å²) >= 11 is 3.69. The third-order valence-electron chi connectivity index (χ3n) is 5.89. The molecule has 0 heterocycles. The van der Waals surface area contributed by atoms with Crippen LogP contribution in [0.4, 0.5) is 0 Å². The van der Waals surface area contributed by atoms with Crippen molar-refractivity contribution in [2.45, 2.75) is 31.1 Å². The topological polar surface area (TPSA) is 0 Å². The highest BCUT2D eigenvalue weighted by atomic mass is 79.9. The van der Waals surface area contributed by atoms with Gasteiger partial charge in [0.2, 0.25) is 0 Å². The molecule has 0 N–H and O–H groups in total. The third-order valence-corrected chi connectivity index (χ3v) is 6.38. The quantitative estimate of drug-likeness (QED) is 0.431. The summed E-state index contributed by atoms with van der Waals surface area (Å²) in [5, 5.41) is 0. The Morgan fingerprint density at radius 3 is 2.08 bits per heavy atom. The zero-order valence-corrected chi connectivity index (χ0v) is 15.1. The largest absolute Gasteiger partial charge is 0.0622 e. The van der Waals surface area contributed by atoms with Crippen molar-refractivity contribution in [3.63, 3.8) is 0 Å². The first-order valence-corrected chi connectivity index (χ1v) is 9.58. The Hall–Kier alpha value is -1.86. The fourth-order valence-electron chi connectivity index (χ4n) is 4.79. The van der Waals surface area contributed by atoms with Crippen LogP contribution in [0.5, 0.6) is 0 Å². The van der Waals surface area contributed by atoms with Crippen LogP contribution in [0.25, 0.3) is 22.3 Å². The lowest BCUT2D eigenvalue weighted by Crippen LogP contribution is -2.20. The Kier molecular flexibility index (Phi) is 3.21. The molecule has 0 saturated heterocycles. The molecule has 2 aliphatic rings. The maximum atomic E-state index is 3.69. The summed E-state index contributed by atoms with van der Waals surface area (Å²) in [5.74, 6) is 0. The SMILES string of the molecule is Brc1ccc2c(c1)C1(CCCC1)c1cc(-c3ccccc3)ccc1-2. The minimum Gasteiger partial charge on any atom is -0.0622 e. The van der Waals surface area contributed by atoms with Gasteiger partial charge in [-0.25, -0.2) is 0 Å². The van der Waals surface area contributed by atoms with Crippen LogP contribution in [0.3, 0.4) is 0 Å². The van der Waals surface area contributed by atoms with Gasteiger partial charge in [0.1, 0.15) is 0 Å². The predicted octanol–water partition coefficient (Wildman–Crippen LogP) is 6.96. The van der Waals surface area contributed by atoms with Crippen molar-refractivity contribution in [1.29, 1.82) is 0 Å². The molecule has 0 atom stereocenters. The molecular formula is C23H19Br. The summed E-state index contributed by atoms with van der Waals surface area (Å²) in [5.41, 5.74) is 8.86. The van der Waals surface area contributed by atoms with E-state index in [1.807, 2.05) is 0 Å². The highest BCUT2D eigenvalue weighted by molar-refractivity contribution is 9.10. The molecule has 2 aliphatic carbocycles. The average molecular weight is 375 g/mol. The lowest BCUT2D eigenvalue weighted by Gasteiger charge is -2.27. The first-order chi connectivity index (χ1) is 11.8. The molecule has 118 valence electrons. The Morgan fingerprint density at radius 2 is 1.33 bits per heavy atom. The monoisotopic (exact) mass is 374 g/mol. The van der Waals surface area contributed by atoms with Crippen LogP contribution in [0.1, 0.15) is 36.8 Å². The van der Waals surface area contributed by atoms with Crippen molar-refractivity contribution in [2.24, 2.45) is 0 Å². The lowest BCUT2D eigenvalue weighted by molar-refractivity contribution is 0.550. The van der Waals surface area contributed by atoms with Gasteiger partial charge in [-0.2, -0.15) is 0 Å². The molecule has 0 amide bonds. The van der Waals surface area contributed by atoms with E-state index in [-0.39, 0.29) is 5.41 Å². The molecule has 3 aromatic carbocycles. The first-order valence-electron chi connectivity index (χ1n) is 8.78. The normalized spacial score (nSPS) is 17.0. The van der Waals surface area contributed by atoms with Crippen LogP contribution in [0, 0.1) is 0 Å². The van der Waals surface area contributed by atoms with E-state index in [1.165, 1.54) is 58.0 Å². The van der Waals surface area contributed by atoms with E-state index >= 15 is 0 Å². The van der Waals surface area contributed by atoms with Crippen molar-refractivity contribution >= 4 is 15.9 Å². The Labute approximate surface area is 151 Å². The third kappa shape index (κ3) is 1.97. The highest BCUT2D eigenvalue weighted by Crippen LogP contribution is 2.57. The van der Waals surface area contributed by atoms with Gasteiger partial charge in [-0.1, -0.05) is 77.3 Å². The number of benzene rings is 3. The molecule has 1 saturated carbocycles. The van der Waals surface area contributed by atoms with Crippen molar-refractivity contribution in [1.82, 2.24) is 0 Å². The Bertz CT molecular complexity index is 918. The summed E-state index contributed by atoms with van der Waals surface area (Å²) in [6.45, 7) is 0. The van der Waals surface area contributed by atoms with Crippen molar-refractivity contribution in [3.05, 3.63) is 82.3 Å². The van der Waals surface area contributed by atoms with Gasteiger partial charge in [0, 0.05) is 9.89 Å². The minimum atomic E-state index is 0.235. The lowest BCUT2D eigenvalue weighted by atomic mass is 9.76. The molecular weight excluding hydrogens is 356 g/mol. The zero-order valence-electron chi connectivity index (χ0n) is 13.6. The number of hydrogen-bond acceptors (Lipinski definition) is 0. The summed E-state index contributed by atoms with van der Waals surface area (Å²) < 4.78 is 1.20. The smallest absolute Gasteiger partial charge is 0.0215 e. The van der Waals surface area contributed by atoms with Crippen molar-refractivity contribution < 1.29 is 0 Å². The molecule has 1 spiro atoms. The van der Waals surface area contributed by atoms with Gasteiger partial charge in [-0.05, 0) is 64.4 Å². The molecule has 0 bridgehead atoms. The van der Waals surface area contributed by atoms with E-state index in [1.54, 1.807) is 5.56 Å². The summed E-state index contributed by atoms with van der Waals surface area (Å²) in [6.07, 6.45) is 5.23. The average Bonchev–Trinajstić information content (AvgIpc) is 3.21. The molecule has 0 radical (unpaired) electrons. The Balaban J connectivity index is 1.76. The standard InChI is InChI=1S/C23H19Br/c24-18-9-11-20-19-10-8-17(16-6-2-1-3-7-16)14-21(19)23(22(20)15-18)12-4-5-13-23/h1-3,6-11,14-15H,4-5,12-13H2. The molecule has 3 aromatic rings. The van der Waals surface area contributed by atoms with Gasteiger partial charge in [-0.3, -0.25) is 0 Å². The van der Waals surface area contributed by atoms with E-state index < -0.39 is 0 Å². The van der Waals surface area contributed by atoms with E-state index in [0.29, 0.717) is 0 Å². The van der Waals surface area contributed by atoms with Gasteiger partial charge < -0.3 is 0 Å². The van der Waals surface area contributed by atoms with Crippen LogP contribution in [0.15, 0.2) is 71.2 Å². The van der Waals surface area contributed by atoms with Crippen molar-refractivity contribution in [3.8, 4) is 22.3 Å². The molecule has 1 fully saturated rings. The zero-order chi connectivity index (χ0) is 16.1. The predicted molar refractivity (Wildman–Crippen MR) is 104 cm³/mol. The second-order valence-electron chi connectivity index (χ2n) is 7.11. The van der Waals surface area contributed by atoms with Gasteiger partial charge >= 0.3 is 0 Å². The van der Waals surface area contributed by atoms with Gasteiger partial charge in [0.05, 0.1) is 0 Å². The second-order valence-corrected chi connectivity index (χ2v) is 8.02. The summed E-state index contributed by atoms with van der Waals surface area (Å²) in [6, 6.07) is 24.7. The molecule has 1 heteroatoms. The van der Waals surface area contributed by atoms with Crippen LogP contribution >= 0.6 is 15.9 Å². The maximum absolute atomic E-state index is 3.69. The number of rotatable bonds is 1. The van der Waals surface area contributed by atoms with Gasteiger partial charge in [0.15, 0.2) is 0 Å². The summed E-state index contributed by atoms with van der Waals surface area (Å²) in [7, 11) is 0. The van der Waals surface area contributed by atoms with Crippen LogP contribution < -0.4 is 0 Å². The van der Waals surface area contributed by atoms with Crippen LogP contribution in [-0.2, 0) is 5.41 Å². The maximum Gasteiger partial charge on any atom is 0.0215 e. The fourth-order valence-corrected chi connectivity index (χ4v) is 5.16. The van der Waals surface area contributed by atoms with Gasteiger partial charge in [-0.15, -0.1) is 0 Å². The molecule has 24 heavy (non-hydrogen) atoms. The minimum absolute atomic E-state index is 0.235. The second kappa shape index (κ2) is 5.32. The van der Waals surface area contributed by atoms with E-state index in [0.717, 1.165) is 0 Å². The molecule has 0 unspecified atom stereocenters. The number of fused-ring (bicyclic) bond motifs is 5. The van der Waals surface area contributed by atoms with Crippen LogP contribution in [0.2, 0.25) is 0 Å². The summed E-state index contributed by atoms with van der Waals surface area (Å²) in [4.78, 5) is 0. The Morgan fingerprint density at radius 1 is 0.667 bits per heavy atom. The molecule has 5 rings (SSSR count). The fraction of sp³-hybridized carbons (Fsp3) is 0.217. The number of halogens is 1. The van der Waals surface area contributed by atoms with E-state index in [2.05, 4.69) is 82.7 Å². The number of hydrogen-bond donors (Lipinski definition) is 0. The molecule has 0 aliphatic heterocycles.